The van der Waals surface area contributed by atoms with E-state index in [9.17, 15) is 4.79 Å². The van der Waals surface area contributed by atoms with E-state index in [0.29, 0.717) is 13.2 Å². The van der Waals surface area contributed by atoms with Crippen LogP contribution in [0.5, 0.6) is 0 Å². The van der Waals surface area contributed by atoms with E-state index in [-0.39, 0.29) is 5.97 Å². The Hall–Kier alpha value is -0.570. The van der Waals surface area contributed by atoms with Gasteiger partial charge in [0.25, 0.3) is 0 Å². The molecular weight excluding hydrogens is 108 g/mol. The first-order valence-corrected chi connectivity index (χ1v) is 2.27. The zero-order valence-corrected chi connectivity index (χ0v) is 4.85. The first-order valence-electron chi connectivity index (χ1n) is 2.27. The third-order valence-electron chi connectivity index (χ3n) is 0.533. The van der Waals surface area contributed by atoms with Gasteiger partial charge in [-0.15, -0.1) is 0 Å². The fraction of sp³-hybridized carbons (Fsp3) is 0.600. The molecule has 0 aromatic carbocycles. The predicted molar refractivity (Wildman–Crippen MR) is 27.9 cm³/mol. The second-order valence-corrected chi connectivity index (χ2v) is 1.25. The van der Waals surface area contributed by atoms with E-state index in [1.807, 2.05) is 0 Å². The molecule has 0 aromatic heterocycles. The van der Waals surface area contributed by atoms with E-state index in [4.69, 9.17) is 0 Å². The van der Waals surface area contributed by atoms with Gasteiger partial charge in [0.1, 0.15) is 6.61 Å². The lowest BCUT2D eigenvalue weighted by Crippen LogP contribution is -2.04. The van der Waals surface area contributed by atoms with Crippen LogP contribution in [0, 0.1) is 7.11 Å². The van der Waals surface area contributed by atoms with E-state index in [2.05, 4.69) is 16.6 Å². The fourth-order valence-corrected chi connectivity index (χ4v) is 0.244. The van der Waals surface area contributed by atoms with Gasteiger partial charge in [-0.2, -0.15) is 0 Å². The highest BCUT2D eigenvalue weighted by atomic mass is 16.6. The summed E-state index contributed by atoms with van der Waals surface area (Å²) in [5, 5.41) is 0. The lowest BCUT2D eigenvalue weighted by Gasteiger charge is -1.97. The molecule has 0 unspecified atom stereocenters. The first-order chi connectivity index (χ1) is 3.77. The Morgan fingerprint density at radius 2 is 2.25 bits per heavy atom. The molecule has 0 bridgehead atoms. The van der Waals surface area contributed by atoms with Crippen LogP contribution in [0.25, 0.3) is 0 Å². The number of hydrogen-bond acceptors (Lipinski definition) is 3. The lowest BCUT2D eigenvalue weighted by atomic mass is 10.7. The summed E-state index contributed by atoms with van der Waals surface area (Å²) in [7, 11) is 3.09. The van der Waals surface area contributed by atoms with Gasteiger partial charge >= 0.3 is 5.97 Å². The highest BCUT2D eigenvalue weighted by Crippen LogP contribution is 1.75. The average Bonchev–Trinajstić information content (AvgIpc) is 1.66. The topological polar surface area (TPSA) is 35.5 Å². The van der Waals surface area contributed by atoms with Crippen LogP contribution in [0.15, 0.2) is 0 Å². The highest BCUT2D eigenvalue weighted by molar-refractivity contribution is 5.65. The summed E-state index contributed by atoms with van der Waals surface area (Å²) in [4.78, 5) is 10.0. The monoisotopic (exact) mass is 117 g/mol. The van der Waals surface area contributed by atoms with Crippen LogP contribution in [0.1, 0.15) is 6.92 Å². The molecule has 0 aliphatic carbocycles. The van der Waals surface area contributed by atoms with Gasteiger partial charge < -0.3 is 9.47 Å². The van der Waals surface area contributed by atoms with Gasteiger partial charge in [-0.25, -0.2) is 0 Å². The summed E-state index contributed by atoms with van der Waals surface area (Å²) >= 11 is 0. The van der Waals surface area contributed by atoms with Crippen molar-refractivity contribution in [3.63, 3.8) is 0 Å². The second kappa shape index (κ2) is 4.59. The number of ether oxygens (including phenoxy) is 2. The minimum Gasteiger partial charge on any atom is -0.463 e. The molecule has 0 aliphatic heterocycles. The van der Waals surface area contributed by atoms with Crippen molar-refractivity contribution in [2.24, 2.45) is 0 Å². The van der Waals surface area contributed by atoms with Crippen molar-refractivity contribution in [3.05, 3.63) is 7.11 Å². The summed E-state index contributed by atoms with van der Waals surface area (Å²) in [5.74, 6) is -0.290. The second-order valence-electron chi connectivity index (χ2n) is 1.25. The van der Waals surface area contributed by atoms with Gasteiger partial charge in [-0.05, 0) is 0 Å². The number of rotatable bonds is 3. The molecule has 0 heterocycles. The van der Waals surface area contributed by atoms with Crippen LogP contribution in [0.3, 0.4) is 0 Å². The zero-order chi connectivity index (χ0) is 6.41. The van der Waals surface area contributed by atoms with E-state index >= 15 is 0 Å². The van der Waals surface area contributed by atoms with Gasteiger partial charge in [0, 0.05) is 6.92 Å². The summed E-state index contributed by atoms with van der Waals surface area (Å²) in [6, 6.07) is 0. The number of carbonyl (C=O) groups excluding carboxylic acids is 1. The van der Waals surface area contributed by atoms with Crippen molar-refractivity contribution in [1.82, 2.24) is 0 Å². The molecule has 3 heteroatoms. The third kappa shape index (κ3) is 5.43. The number of hydrogen-bond donors (Lipinski definition) is 0. The fourth-order valence-electron chi connectivity index (χ4n) is 0.244. The Bertz CT molecular complexity index is 70.1. The van der Waals surface area contributed by atoms with Gasteiger partial charge in [0.05, 0.1) is 13.7 Å². The molecule has 0 amide bonds. The van der Waals surface area contributed by atoms with Crippen LogP contribution >= 0.6 is 0 Å². The molecular formula is C5H9O3. The maximum absolute atomic E-state index is 10.0. The minimum atomic E-state index is -0.290. The Morgan fingerprint density at radius 1 is 1.62 bits per heavy atom. The minimum absolute atomic E-state index is 0.290. The van der Waals surface area contributed by atoms with Crippen molar-refractivity contribution < 1.29 is 14.3 Å². The quantitative estimate of drug-likeness (QED) is 0.395. The lowest BCUT2D eigenvalue weighted by molar-refractivity contribution is -0.141. The van der Waals surface area contributed by atoms with E-state index in [1.54, 1.807) is 0 Å². The molecule has 0 fully saturated rings. The highest BCUT2D eigenvalue weighted by Gasteiger charge is 1.88. The van der Waals surface area contributed by atoms with E-state index < -0.39 is 0 Å². The summed E-state index contributed by atoms with van der Waals surface area (Å²) in [6.07, 6.45) is 0. The van der Waals surface area contributed by atoms with Crippen molar-refractivity contribution in [1.29, 1.82) is 0 Å². The van der Waals surface area contributed by atoms with Crippen molar-refractivity contribution in [2.75, 3.05) is 13.2 Å². The van der Waals surface area contributed by atoms with Crippen LogP contribution in [0.2, 0.25) is 0 Å². The average molecular weight is 117 g/mol. The smallest absolute Gasteiger partial charge is 0.302 e. The van der Waals surface area contributed by atoms with Gasteiger partial charge in [-0.3, -0.25) is 4.79 Å². The standard InChI is InChI=1S/C5H9O3/c1-5(6)8-4-3-7-2/h2-4H2,1H3. The molecule has 0 spiro atoms. The van der Waals surface area contributed by atoms with Gasteiger partial charge in [0.2, 0.25) is 0 Å². The van der Waals surface area contributed by atoms with Crippen LogP contribution < -0.4 is 0 Å². The Labute approximate surface area is 48.6 Å². The molecule has 1 radical (unpaired) electrons. The SMILES string of the molecule is [CH2]OCCOC(C)=O. The van der Waals surface area contributed by atoms with E-state index in [1.165, 1.54) is 6.92 Å². The summed E-state index contributed by atoms with van der Waals surface area (Å²) in [5.41, 5.74) is 0. The predicted octanol–water partition coefficient (Wildman–Crippen LogP) is 0.358. The van der Waals surface area contributed by atoms with Crippen molar-refractivity contribution >= 4 is 5.97 Å². The molecule has 0 saturated heterocycles. The Morgan fingerprint density at radius 3 is 2.62 bits per heavy atom. The zero-order valence-electron chi connectivity index (χ0n) is 4.85. The summed E-state index contributed by atoms with van der Waals surface area (Å²) in [6.45, 7) is 2.00. The molecule has 0 atom stereocenters. The normalized spacial score (nSPS) is 8.75. The van der Waals surface area contributed by atoms with Gasteiger partial charge in [-0.1, -0.05) is 0 Å². The summed E-state index contributed by atoms with van der Waals surface area (Å²) < 4.78 is 8.84. The molecule has 47 valence electrons. The molecule has 0 N–H and O–H groups in total. The molecule has 0 saturated carbocycles. The molecule has 3 nitrogen and oxygen atoms in total. The number of carbonyl (C=O) groups is 1. The van der Waals surface area contributed by atoms with Crippen molar-refractivity contribution in [2.45, 2.75) is 6.92 Å². The molecule has 0 rings (SSSR count). The van der Waals surface area contributed by atoms with Crippen molar-refractivity contribution in [3.8, 4) is 0 Å². The van der Waals surface area contributed by atoms with Crippen LogP contribution in [-0.2, 0) is 14.3 Å². The molecule has 8 heavy (non-hydrogen) atoms. The maximum atomic E-state index is 10.0. The Kier molecular flexibility index (Phi) is 4.26. The largest absolute Gasteiger partial charge is 0.463 e. The van der Waals surface area contributed by atoms with Gasteiger partial charge in [0.15, 0.2) is 0 Å². The third-order valence-corrected chi connectivity index (χ3v) is 0.533. The Balaban J connectivity index is 2.82. The first kappa shape index (κ1) is 7.43. The van der Waals surface area contributed by atoms with E-state index in [0.717, 1.165) is 0 Å². The molecule has 0 aromatic rings. The molecule has 0 aliphatic rings. The number of esters is 1. The van der Waals surface area contributed by atoms with Crippen LogP contribution in [0.4, 0.5) is 0 Å². The maximum Gasteiger partial charge on any atom is 0.302 e. The van der Waals surface area contributed by atoms with Crippen LogP contribution in [-0.4, -0.2) is 19.2 Å².